The molecule has 1 heterocycles. The van der Waals surface area contributed by atoms with Gasteiger partial charge in [-0.25, -0.2) is 9.78 Å². The van der Waals surface area contributed by atoms with Gasteiger partial charge in [-0.2, -0.15) is 0 Å². The van der Waals surface area contributed by atoms with Gasteiger partial charge in [0, 0.05) is 17.8 Å². The van der Waals surface area contributed by atoms with Crippen LogP contribution in [-0.2, 0) is 11.3 Å². The zero-order valence-electron chi connectivity index (χ0n) is 16.1. The number of carbonyl (C=O) groups excluding carboxylic acids is 2. The second kappa shape index (κ2) is 9.36. The number of methoxy groups -OCH3 is 2. The summed E-state index contributed by atoms with van der Waals surface area (Å²) in [6.07, 6.45) is 1.60. The van der Waals surface area contributed by atoms with Crippen molar-refractivity contribution in [3.63, 3.8) is 0 Å². The molecular weight excluding hydrogens is 370 g/mol. The van der Waals surface area contributed by atoms with E-state index in [0.717, 1.165) is 17.0 Å². The molecule has 0 saturated heterocycles. The first-order valence-electron chi connectivity index (χ1n) is 8.92. The summed E-state index contributed by atoms with van der Waals surface area (Å²) in [5.74, 6) is 0.0371. The molecule has 3 aromatic rings. The number of esters is 1. The molecule has 2 aromatic carbocycles. The highest BCUT2D eigenvalue weighted by atomic mass is 16.5. The van der Waals surface area contributed by atoms with Gasteiger partial charge in [0.15, 0.2) is 0 Å². The lowest BCUT2D eigenvalue weighted by atomic mass is 10.2. The summed E-state index contributed by atoms with van der Waals surface area (Å²) < 4.78 is 9.98. The molecule has 148 valence electrons. The fourth-order valence-corrected chi connectivity index (χ4v) is 2.68. The molecule has 29 heavy (non-hydrogen) atoms. The SMILES string of the molecule is COC(=O)c1ccc(NC(=O)c2ccc(NCc3ccccc3OC)cn2)cc1. The molecule has 1 amide bonds. The van der Waals surface area contributed by atoms with E-state index < -0.39 is 5.97 Å². The van der Waals surface area contributed by atoms with Crippen molar-refractivity contribution in [3.8, 4) is 5.75 Å². The average Bonchev–Trinajstić information content (AvgIpc) is 2.78. The zero-order chi connectivity index (χ0) is 20.6. The number of ether oxygens (including phenoxy) is 2. The van der Waals surface area contributed by atoms with Gasteiger partial charge >= 0.3 is 5.97 Å². The highest BCUT2D eigenvalue weighted by Crippen LogP contribution is 2.19. The molecule has 0 aliphatic rings. The summed E-state index contributed by atoms with van der Waals surface area (Å²) in [5.41, 5.74) is 3.06. The van der Waals surface area contributed by atoms with Gasteiger partial charge in [-0.3, -0.25) is 4.79 Å². The number of pyridine rings is 1. The molecule has 0 atom stereocenters. The Balaban J connectivity index is 1.59. The quantitative estimate of drug-likeness (QED) is 0.597. The second-order valence-corrected chi connectivity index (χ2v) is 6.12. The van der Waals surface area contributed by atoms with Crippen molar-refractivity contribution in [2.75, 3.05) is 24.9 Å². The number of aromatic nitrogens is 1. The molecule has 0 aliphatic carbocycles. The number of benzene rings is 2. The fourth-order valence-electron chi connectivity index (χ4n) is 2.68. The van der Waals surface area contributed by atoms with Crippen LogP contribution in [0.5, 0.6) is 5.75 Å². The van der Waals surface area contributed by atoms with Gasteiger partial charge in [-0.15, -0.1) is 0 Å². The van der Waals surface area contributed by atoms with E-state index in [0.29, 0.717) is 17.8 Å². The Bertz CT molecular complexity index is 986. The van der Waals surface area contributed by atoms with Gasteiger partial charge in [0.25, 0.3) is 5.91 Å². The molecule has 0 aliphatic heterocycles. The Morgan fingerprint density at radius 1 is 0.931 bits per heavy atom. The average molecular weight is 391 g/mol. The van der Waals surface area contributed by atoms with Crippen LogP contribution in [0, 0.1) is 0 Å². The number of anilines is 2. The normalized spacial score (nSPS) is 10.1. The van der Waals surface area contributed by atoms with Crippen molar-refractivity contribution in [2.24, 2.45) is 0 Å². The number of rotatable bonds is 7. The third-order valence-corrected chi connectivity index (χ3v) is 4.24. The van der Waals surface area contributed by atoms with E-state index in [-0.39, 0.29) is 11.6 Å². The number of hydrogen-bond donors (Lipinski definition) is 2. The minimum absolute atomic E-state index is 0.282. The third kappa shape index (κ3) is 5.10. The maximum atomic E-state index is 12.4. The maximum Gasteiger partial charge on any atom is 0.337 e. The molecule has 7 heteroatoms. The Morgan fingerprint density at radius 2 is 1.66 bits per heavy atom. The number of hydrogen-bond acceptors (Lipinski definition) is 6. The van der Waals surface area contributed by atoms with Crippen LogP contribution in [0.2, 0.25) is 0 Å². The summed E-state index contributed by atoms with van der Waals surface area (Å²) in [5, 5.41) is 6.00. The highest BCUT2D eigenvalue weighted by Gasteiger charge is 2.10. The van der Waals surface area contributed by atoms with E-state index in [9.17, 15) is 9.59 Å². The Morgan fingerprint density at radius 3 is 2.31 bits per heavy atom. The molecule has 0 fully saturated rings. The van der Waals surface area contributed by atoms with Crippen LogP contribution in [0.3, 0.4) is 0 Å². The molecule has 1 aromatic heterocycles. The van der Waals surface area contributed by atoms with Gasteiger partial charge in [-0.05, 0) is 42.5 Å². The minimum atomic E-state index is -0.430. The van der Waals surface area contributed by atoms with Crippen LogP contribution in [-0.4, -0.2) is 31.1 Å². The standard InChI is InChI=1S/C22H21N3O4/c1-28-20-6-4-3-5-16(20)13-23-18-11-12-19(24-14-18)21(26)25-17-9-7-15(8-10-17)22(27)29-2/h3-12,14,23H,13H2,1-2H3,(H,25,26). The smallest absolute Gasteiger partial charge is 0.337 e. The van der Waals surface area contributed by atoms with Crippen molar-refractivity contribution in [1.82, 2.24) is 4.98 Å². The molecule has 0 radical (unpaired) electrons. The summed E-state index contributed by atoms with van der Waals surface area (Å²) >= 11 is 0. The van der Waals surface area contributed by atoms with Crippen LogP contribution in [0.25, 0.3) is 0 Å². The number of amides is 1. The van der Waals surface area contributed by atoms with Gasteiger partial charge in [-0.1, -0.05) is 18.2 Å². The van der Waals surface area contributed by atoms with Crippen molar-refractivity contribution < 1.29 is 19.1 Å². The zero-order valence-corrected chi connectivity index (χ0v) is 16.1. The maximum absolute atomic E-state index is 12.4. The Kier molecular flexibility index (Phi) is 6.42. The molecule has 0 saturated carbocycles. The summed E-state index contributed by atoms with van der Waals surface area (Å²) in [6, 6.07) is 17.6. The lowest BCUT2D eigenvalue weighted by molar-refractivity contribution is 0.0600. The van der Waals surface area contributed by atoms with E-state index in [1.54, 1.807) is 49.7 Å². The number of para-hydroxylation sites is 1. The molecule has 0 bridgehead atoms. The van der Waals surface area contributed by atoms with Gasteiger partial charge in [0.1, 0.15) is 11.4 Å². The predicted molar refractivity (Wildman–Crippen MR) is 110 cm³/mol. The molecular formula is C22H21N3O4. The van der Waals surface area contributed by atoms with Crippen LogP contribution < -0.4 is 15.4 Å². The highest BCUT2D eigenvalue weighted by molar-refractivity contribution is 6.03. The van der Waals surface area contributed by atoms with Crippen LogP contribution in [0.15, 0.2) is 66.9 Å². The van der Waals surface area contributed by atoms with Crippen LogP contribution in [0.4, 0.5) is 11.4 Å². The van der Waals surface area contributed by atoms with E-state index in [1.807, 2.05) is 24.3 Å². The van der Waals surface area contributed by atoms with Crippen molar-refractivity contribution >= 4 is 23.3 Å². The predicted octanol–water partition coefficient (Wildman–Crippen LogP) is 3.74. The number of nitrogens with zero attached hydrogens (tertiary/aromatic N) is 1. The summed E-state index contributed by atoms with van der Waals surface area (Å²) in [4.78, 5) is 28.0. The lowest BCUT2D eigenvalue weighted by Crippen LogP contribution is -2.14. The first-order valence-corrected chi connectivity index (χ1v) is 8.92. The fraction of sp³-hybridized carbons (Fsp3) is 0.136. The first kappa shape index (κ1) is 19.9. The van der Waals surface area contributed by atoms with Crippen LogP contribution in [0.1, 0.15) is 26.4 Å². The number of nitrogens with one attached hydrogen (secondary N) is 2. The lowest BCUT2D eigenvalue weighted by Gasteiger charge is -2.10. The van der Waals surface area contributed by atoms with Crippen molar-refractivity contribution in [1.29, 1.82) is 0 Å². The van der Waals surface area contributed by atoms with Gasteiger partial charge < -0.3 is 20.1 Å². The van der Waals surface area contributed by atoms with Crippen molar-refractivity contribution in [3.05, 3.63) is 83.7 Å². The Hall–Kier alpha value is -3.87. The molecule has 3 rings (SSSR count). The number of carbonyl (C=O) groups is 2. The summed E-state index contributed by atoms with van der Waals surface area (Å²) in [7, 11) is 2.95. The van der Waals surface area contributed by atoms with Crippen molar-refractivity contribution in [2.45, 2.75) is 6.54 Å². The first-order chi connectivity index (χ1) is 14.1. The Labute approximate surface area is 168 Å². The second-order valence-electron chi connectivity index (χ2n) is 6.12. The third-order valence-electron chi connectivity index (χ3n) is 4.24. The molecule has 7 nitrogen and oxygen atoms in total. The largest absolute Gasteiger partial charge is 0.496 e. The van der Waals surface area contributed by atoms with E-state index in [2.05, 4.69) is 20.4 Å². The minimum Gasteiger partial charge on any atom is -0.496 e. The molecule has 0 unspecified atom stereocenters. The molecule has 2 N–H and O–H groups in total. The van der Waals surface area contributed by atoms with Crippen LogP contribution >= 0.6 is 0 Å². The topological polar surface area (TPSA) is 89.5 Å². The monoisotopic (exact) mass is 391 g/mol. The van der Waals surface area contributed by atoms with E-state index in [4.69, 9.17) is 4.74 Å². The summed E-state index contributed by atoms with van der Waals surface area (Å²) in [6.45, 7) is 0.573. The van der Waals surface area contributed by atoms with Gasteiger partial charge in [0.05, 0.1) is 31.7 Å². The van der Waals surface area contributed by atoms with Gasteiger partial charge in [0.2, 0.25) is 0 Å². The van der Waals surface area contributed by atoms with E-state index in [1.165, 1.54) is 7.11 Å². The van der Waals surface area contributed by atoms with E-state index >= 15 is 0 Å². The molecule has 0 spiro atoms.